The third-order valence-corrected chi connectivity index (χ3v) is 5.18. The SMILES string of the molecule is CCCNc1ccc(Cl)c(C2CCCCCN2c2cc(C)nc(N)n2)c1. The number of nitrogens with one attached hydrogen (secondary N) is 1. The van der Waals surface area contributed by atoms with Gasteiger partial charge >= 0.3 is 0 Å². The van der Waals surface area contributed by atoms with Gasteiger partial charge in [0.1, 0.15) is 5.82 Å². The minimum atomic E-state index is 0.196. The lowest BCUT2D eigenvalue weighted by molar-refractivity contribution is 0.596. The molecule has 0 aliphatic carbocycles. The molecule has 1 fully saturated rings. The highest BCUT2D eigenvalue weighted by Gasteiger charge is 2.26. The maximum Gasteiger partial charge on any atom is 0.222 e. The fourth-order valence-electron chi connectivity index (χ4n) is 3.61. The lowest BCUT2D eigenvalue weighted by Crippen LogP contribution is -2.30. The Balaban J connectivity index is 1.99. The minimum absolute atomic E-state index is 0.196. The number of anilines is 3. The van der Waals surface area contributed by atoms with Gasteiger partial charge in [-0.2, -0.15) is 4.98 Å². The van der Waals surface area contributed by atoms with Crippen molar-refractivity contribution in [3.8, 4) is 0 Å². The lowest BCUT2D eigenvalue weighted by Gasteiger charge is -2.32. The van der Waals surface area contributed by atoms with Crippen LogP contribution in [0, 0.1) is 6.92 Å². The third-order valence-electron chi connectivity index (χ3n) is 4.84. The first-order valence-electron chi connectivity index (χ1n) is 9.49. The Bertz CT molecular complexity index is 729. The molecule has 1 aliphatic heterocycles. The summed E-state index contributed by atoms with van der Waals surface area (Å²) in [5.74, 6) is 1.22. The Kier molecular flexibility index (Phi) is 6.20. The number of hydrogen-bond donors (Lipinski definition) is 2. The topological polar surface area (TPSA) is 67.1 Å². The second-order valence-corrected chi connectivity index (χ2v) is 7.35. The van der Waals surface area contributed by atoms with E-state index in [4.69, 9.17) is 17.3 Å². The standard InChI is InChI=1S/C20H28ClN5/c1-3-10-23-15-8-9-17(21)16(13-15)18-7-5-4-6-11-26(18)19-12-14(2)24-20(22)25-19/h8-9,12-13,18,23H,3-7,10-11H2,1-2H3,(H2,22,24,25). The number of halogens is 1. The molecule has 6 heteroatoms. The Morgan fingerprint density at radius 2 is 2.08 bits per heavy atom. The van der Waals surface area contributed by atoms with E-state index in [1.807, 2.05) is 19.1 Å². The van der Waals surface area contributed by atoms with Crippen molar-refractivity contribution < 1.29 is 0 Å². The monoisotopic (exact) mass is 373 g/mol. The number of rotatable bonds is 5. The van der Waals surface area contributed by atoms with Crippen LogP contribution in [0.2, 0.25) is 5.02 Å². The summed E-state index contributed by atoms with van der Waals surface area (Å²) < 4.78 is 0. The van der Waals surface area contributed by atoms with Crippen molar-refractivity contribution in [1.29, 1.82) is 0 Å². The average molecular weight is 374 g/mol. The number of nitrogens with zero attached hydrogens (tertiary/aromatic N) is 3. The van der Waals surface area contributed by atoms with E-state index in [9.17, 15) is 0 Å². The highest BCUT2D eigenvalue weighted by molar-refractivity contribution is 6.31. The van der Waals surface area contributed by atoms with Gasteiger partial charge in [0.25, 0.3) is 0 Å². The largest absolute Gasteiger partial charge is 0.385 e. The fraction of sp³-hybridized carbons (Fsp3) is 0.500. The summed E-state index contributed by atoms with van der Waals surface area (Å²) in [5, 5.41) is 4.27. The zero-order valence-corrected chi connectivity index (χ0v) is 16.4. The van der Waals surface area contributed by atoms with Crippen LogP contribution in [-0.4, -0.2) is 23.1 Å². The summed E-state index contributed by atoms with van der Waals surface area (Å²) in [6, 6.07) is 8.45. The molecule has 3 N–H and O–H groups in total. The number of aromatic nitrogens is 2. The van der Waals surface area contributed by atoms with E-state index in [0.717, 1.165) is 60.1 Å². The summed E-state index contributed by atoms with van der Waals surface area (Å²) >= 11 is 6.62. The first-order valence-corrected chi connectivity index (χ1v) is 9.87. The van der Waals surface area contributed by atoms with E-state index < -0.39 is 0 Å². The Morgan fingerprint density at radius 1 is 1.23 bits per heavy atom. The Morgan fingerprint density at radius 3 is 2.85 bits per heavy atom. The number of nitrogen functional groups attached to an aromatic ring is 1. The minimum Gasteiger partial charge on any atom is -0.385 e. The van der Waals surface area contributed by atoms with Gasteiger partial charge in [0.05, 0.1) is 6.04 Å². The molecule has 5 nitrogen and oxygen atoms in total. The zero-order valence-electron chi connectivity index (χ0n) is 15.6. The quantitative estimate of drug-likeness (QED) is 0.774. The second-order valence-electron chi connectivity index (χ2n) is 6.95. The maximum atomic E-state index is 6.62. The van der Waals surface area contributed by atoms with Gasteiger partial charge in [-0.3, -0.25) is 0 Å². The summed E-state index contributed by atoms with van der Waals surface area (Å²) in [7, 11) is 0. The van der Waals surface area contributed by atoms with Crippen LogP contribution >= 0.6 is 11.6 Å². The van der Waals surface area contributed by atoms with Gasteiger partial charge in [-0.05, 0) is 49.9 Å². The van der Waals surface area contributed by atoms with Gasteiger partial charge in [0.15, 0.2) is 0 Å². The van der Waals surface area contributed by atoms with Crippen LogP contribution in [0.15, 0.2) is 24.3 Å². The predicted octanol–water partition coefficient (Wildman–Crippen LogP) is 4.96. The first kappa shape index (κ1) is 18.8. The van der Waals surface area contributed by atoms with Crippen molar-refractivity contribution in [3.63, 3.8) is 0 Å². The van der Waals surface area contributed by atoms with Gasteiger partial charge in [-0.15, -0.1) is 0 Å². The molecule has 3 rings (SSSR count). The molecule has 0 radical (unpaired) electrons. The van der Waals surface area contributed by atoms with Crippen molar-refractivity contribution in [1.82, 2.24) is 9.97 Å². The Hall–Kier alpha value is -2.01. The molecule has 1 aromatic heterocycles. The average Bonchev–Trinajstić information content (AvgIpc) is 2.86. The van der Waals surface area contributed by atoms with Crippen LogP contribution in [0.5, 0.6) is 0 Å². The van der Waals surface area contributed by atoms with E-state index in [0.29, 0.717) is 5.95 Å². The van der Waals surface area contributed by atoms with Gasteiger partial charge in [0.2, 0.25) is 5.95 Å². The zero-order chi connectivity index (χ0) is 18.5. The van der Waals surface area contributed by atoms with Crippen LogP contribution in [-0.2, 0) is 0 Å². The number of hydrogen-bond acceptors (Lipinski definition) is 5. The molecule has 2 aromatic rings. The molecule has 1 saturated heterocycles. The molecule has 1 aliphatic rings. The van der Waals surface area contributed by atoms with Crippen molar-refractivity contribution in [2.24, 2.45) is 0 Å². The van der Waals surface area contributed by atoms with Crippen LogP contribution in [0.1, 0.15) is 56.3 Å². The van der Waals surface area contributed by atoms with E-state index in [2.05, 4.69) is 39.2 Å². The molecular formula is C20H28ClN5. The molecule has 2 heterocycles. The van der Waals surface area contributed by atoms with Crippen molar-refractivity contribution in [2.45, 2.75) is 52.0 Å². The first-order chi connectivity index (χ1) is 12.6. The molecule has 0 saturated carbocycles. The van der Waals surface area contributed by atoms with Crippen molar-refractivity contribution in [2.75, 3.05) is 29.0 Å². The van der Waals surface area contributed by atoms with Gasteiger partial charge in [-0.1, -0.05) is 31.4 Å². The second kappa shape index (κ2) is 8.58. The predicted molar refractivity (Wildman–Crippen MR) is 110 cm³/mol. The van der Waals surface area contributed by atoms with Gasteiger partial charge in [-0.25, -0.2) is 4.98 Å². The highest BCUT2D eigenvalue weighted by Crippen LogP contribution is 2.38. The molecule has 1 atom stereocenters. The fourth-order valence-corrected chi connectivity index (χ4v) is 3.85. The lowest BCUT2D eigenvalue weighted by atomic mass is 10.00. The maximum absolute atomic E-state index is 6.62. The van der Waals surface area contributed by atoms with Crippen LogP contribution < -0.4 is 16.0 Å². The molecule has 1 aromatic carbocycles. The van der Waals surface area contributed by atoms with Crippen molar-refractivity contribution >= 4 is 29.1 Å². The van der Waals surface area contributed by atoms with Crippen molar-refractivity contribution in [3.05, 3.63) is 40.5 Å². The van der Waals surface area contributed by atoms with Crippen LogP contribution in [0.4, 0.5) is 17.5 Å². The summed E-state index contributed by atoms with van der Waals surface area (Å²) in [4.78, 5) is 11.1. The van der Waals surface area contributed by atoms with Crippen LogP contribution in [0.3, 0.4) is 0 Å². The van der Waals surface area contributed by atoms with Gasteiger partial charge in [0, 0.05) is 35.6 Å². The molecular weight excluding hydrogens is 346 g/mol. The summed E-state index contributed by atoms with van der Waals surface area (Å²) in [6.07, 6.45) is 5.69. The third kappa shape index (κ3) is 4.39. The summed E-state index contributed by atoms with van der Waals surface area (Å²) in [6.45, 7) is 6.02. The number of benzene rings is 1. The Labute approximate surface area is 161 Å². The molecule has 0 bridgehead atoms. The van der Waals surface area contributed by atoms with E-state index in [-0.39, 0.29) is 6.04 Å². The smallest absolute Gasteiger partial charge is 0.222 e. The number of nitrogens with two attached hydrogens (primary N) is 1. The van der Waals surface area contributed by atoms with E-state index in [1.165, 1.54) is 12.8 Å². The highest BCUT2D eigenvalue weighted by atomic mass is 35.5. The molecule has 140 valence electrons. The van der Waals surface area contributed by atoms with Gasteiger partial charge < -0.3 is 16.0 Å². The molecule has 1 unspecified atom stereocenters. The van der Waals surface area contributed by atoms with E-state index in [1.54, 1.807) is 0 Å². The molecule has 0 amide bonds. The van der Waals surface area contributed by atoms with Crippen LogP contribution in [0.25, 0.3) is 0 Å². The molecule has 0 spiro atoms. The number of aryl methyl sites for hydroxylation is 1. The van der Waals surface area contributed by atoms with E-state index >= 15 is 0 Å². The normalized spacial score (nSPS) is 17.8. The molecule has 26 heavy (non-hydrogen) atoms. The summed E-state index contributed by atoms with van der Waals surface area (Å²) in [5.41, 5.74) is 9.08.